The molecule has 0 aliphatic carbocycles. The van der Waals surface area contributed by atoms with Gasteiger partial charge in [-0.2, -0.15) is 0 Å². The summed E-state index contributed by atoms with van der Waals surface area (Å²) in [7, 11) is 0. The van der Waals surface area contributed by atoms with Crippen LogP contribution in [0.1, 0.15) is 20.3 Å². The average Bonchev–Trinajstić information content (AvgIpc) is 1.96. The molecule has 0 atom stereocenters. The normalized spacial score (nSPS) is 11.1. The Bertz CT molecular complexity index is 139. The molecule has 0 saturated heterocycles. The molecular weight excluding hydrogens is 175 g/mol. The third-order valence-electron chi connectivity index (χ3n) is 1.75. The standard InChI is InChI=1S/C8H17FN2S/c1-7(2)11(6-4-9)5-3-8(10)12/h7H,3-6H2,1-2H3,(H2,10,12). The zero-order valence-electron chi connectivity index (χ0n) is 7.72. The topological polar surface area (TPSA) is 29.3 Å². The predicted molar refractivity (Wildman–Crippen MR) is 54.1 cm³/mol. The highest BCUT2D eigenvalue weighted by Gasteiger charge is 2.08. The van der Waals surface area contributed by atoms with Crippen molar-refractivity contribution < 1.29 is 4.39 Å². The molecule has 0 aromatic rings. The Hall–Kier alpha value is -0.220. The van der Waals surface area contributed by atoms with Crippen LogP contribution in [-0.4, -0.2) is 35.7 Å². The number of rotatable bonds is 6. The van der Waals surface area contributed by atoms with Crippen LogP contribution in [-0.2, 0) is 0 Å². The quantitative estimate of drug-likeness (QED) is 0.644. The maximum Gasteiger partial charge on any atom is 0.102 e. The zero-order chi connectivity index (χ0) is 9.56. The summed E-state index contributed by atoms with van der Waals surface area (Å²) in [6, 6.07) is 0.357. The minimum atomic E-state index is -0.310. The minimum Gasteiger partial charge on any atom is -0.393 e. The van der Waals surface area contributed by atoms with Crippen molar-refractivity contribution in [3.05, 3.63) is 0 Å². The van der Waals surface area contributed by atoms with Crippen molar-refractivity contribution >= 4 is 17.2 Å². The molecule has 0 aromatic carbocycles. The van der Waals surface area contributed by atoms with Crippen LogP contribution in [0, 0.1) is 0 Å². The van der Waals surface area contributed by atoms with Crippen LogP contribution in [0.2, 0.25) is 0 Å². The third-order valence-corrected chi connectivity index (χ3v) is 1.95. The van der Waals surface area contributed by atoms with Crippen LogP contribution in [0.3, 0.4) is 0 Å². The lowest BCUT2D eigenvalue weighted by atomic mass is 10.3. The molecule has 0 aliphatic heterocycles. The molecule has 0 saturated carbocycles. The summed E-state index contributed by atoms with van der Waals surface area (Å²) in [5.74, 6) is 0. The van der Waals surface area contributed by atoms with Gasteiger partial charge in [0, 0.05) is 25.6 Å². The fourth-order valence-electron chi connectivity index (χ4n) is 0.991. The monoisotopic (exact) mass is 192 g/mol. The minimum absolute atomic E-state index is 0.310. The van der Waals surface area contributed by atoms with E-state index in [9.17, 15) is 4.39 Å². The van der Waals surface area contributed by atoms with Gasteiger partial charge >= 0.3 is 0 Å². The van der Waals surface area contributed by atoms with Crippen molar-refractivity contribution in [1.29, 1.82) is 0 Å². The van der Waals surface area contributed by atoms with Gasteiger partial charge in [0.2, 0.25) is 0 Å². The fraction of sp³-hybridized carbons (Fsp3) is 0.875. The second-order valence-corrected chi connectivity index (χ2v) is 3.56. The fourth-order valence-corrected chi connectivity index (χ4v) is 1.08. The summed E-state index contributed by atoms with van der Waals surface area (Å²) < 4.78 is 12.0. The van der Waals surface area contributed by atoms with Crippen molar-refractivity contribution in [1.82, 2.24) is 4.90 Å². The van der Waals surface area contributed by atoms with Crippen LogP contribution >= 0.6 is 12.2 Å². The number of hydrogen-bond acceptors (Lipinski definition) is 2. The first-order valence-corrected chi connectivity index (χ1v) is 4.57. The van der Waals surface area contributed by atoms with Gasteiger partial charge in [-0.25, -0.2) is 4.39 Å². The maximum atomic E-state index is 12.0. The largest absolute Gasteiger partial charge is 0.393 e. The molecule has 2 nitrogen and oxygen atoms in total. The van der Waals surface area contributed by atoms with Crippen molar-refractivity contribution in [3.8, 4) is 0 Å². The maximum absolute atomic E-state index is 12.0. The first-order chi connectivity index (χ1) is 5.57. The lowest BCUT2D eigenvalue weighted by Gasteiger charge is -2.24. The van der Waals surface area contributed by atoms with Crippen molar-refractivity contribution in [2.45, 2.75) is 26.3 Å². The van der Waals surface area contributed by atoms with E-state index < -0.39 is 0 Å². The lowest BCUT2D eigenvalue weighted by molar-refractivity contribution is 0.208. The van der Waals surface area contributed by atoms with E-state index >= 15 is 0 Å². The van der Waals surface area contributed by atoms with Crippen molar-refractivity contribution in [3.63, 3.8) is 0 Å². The van der Waals surface area contributed by atoms with E-state index in [0.717, 1.165) is 6.54 Å². The van der Waals surface area contributed by atoms with E-state index in [-0.39, 0.29) is 6.67 Å². The number of nitrogens with zero attached hydrogens (tertiary/aromatic N) is 1. The number of nitrogens with two attached hydrogens (primary N) is 1. The molecule has 0 bridgehead atoms. The second kappa shape index (κ2) is 6.31. The Morgan fingerprint density at radius 3 is 2.42 bits per heavy atom. The number of alkyl halides is 1. The molecule has 0 amide bonds. The van der Waals surface area contributed by atoms with Gasteiger partial charge in [-0.15, -0.1) is 0 Å². The van der Waals surface area contributed by atoms with Crippen LogP contribution < -0.4 is 5.73 Å². The Balaban J connectivity index is 3.70. The molecule has 0 spiro atoms. The Morgan fingerprint density at radius 2 is 2.08 bits per heavy atom. The highest BCUT2D eigenvalue weighted by molar-refractivity contribution is 7.80. The van der Waals surface area contributed by atoms with E-state index in [1.165, 1.54) is 0 Å². The average molecular weight is 192 g/mol. The Kier molecular flexibility index (Phi) is 6.20. The van der Waals surface area contributed by atoms with Gasteiger partial charge in [0.15, 0.2) is 0 Å². The molecule has 4 heteroatoms. The van der Waals surface area contributed by atoms with Crippen LogP contribution in [0.4, 0.5) is 4.39 Å². The molecule has 0 heterocycles. The lowest BCUT2D eigenvalue weighted by Crippen LogP contribution is -2.35. The van der Waals surface area contributed by atoms with Gasteiger partial charge in [0.25, 0.3) is 0 Å². The zero-order valence-corrected chi connectivity index (χ0v) is 8.53. The van der Waals surface area contributed by atoms with E-state index in [2.05, 4.69) is 0 Å². The molecule has 0 fully saturated rings. The summed E-state index contributed by atoms with van der Waals surface area (Å²) in [6.45, 7) is 5.00. The molecule has 0 unspecified atom stereocenters. The van der Waals surface area contributed by atoms with Gasteiger partial charge in [-0.1, -0.05) is 12.2 Å². The Labute approximate surface area is 78.9 Å². The molecule has 0 aliphatic rings. The summed E-state index contributed by atoms with van der Waals surface area (Å²) in [5.41, 5.74) is 5.35. The highest BCUT2D eigenvalue weighted by Crippen LogP contribution is 1.99. The number of halogens is 1. The van der Waals surface area contributed by atoms with E-state index in [0.29, 0.717) is 24.0 Å². The molecule has 0 aromatic heterocycles. The summed E-state index contributed by atoms with van der Waals surface area (Å²) in [6.07, 6.45) is 0.674. The first-order valence-electron chi connectivity index (χ1n) is 4.16. The third kappa shape index (κ3) is 5.43. The molecule has 12 heavy (non-hydrogen) atoms. The van der Waals surface area contributed by atoms with Gasteiger partial charge in [-0.05, 0) is 13.8 Å². The van der Waals surface area contributed by atoms with Crippen LogP contribution in [0.5, 0.6) is 0 Å². The van der Waals surface area contributed by atoms with Crippen LogP contribution in [0.25, 0.3) is 0 Å². The van der Waals surface area contributed by atoms with E-state index in [1.807, 2.05) is 18.7 Å². The SMILES string of the molecule is CC(C)N(CCF)CCC(N)=S. The van der Waals surface area contributed by atoms with Gasteiger partial charge in [0.1, 0.15) is 6.67 Å². The van der Waals surface area contributed by atoms with Gasteiger partial charge in [0.05, 0.1) is 4.99 Å². The van der Waals surface area contributed by atoms with Crippen molar-refractivity contribution in [2.75, 3.05) is 19.8 Å². The number of hydrogen-bond donors (Lipinski definition) is 1. The van der Waals surface area contributed by atoms with E-state index in [4.69, 9.17) is 18.0 Å². The van der Waals surface area contributed by atoms with E-state index in [1.54, 1.807) is 0 Å². The Morgan fingerprint density at radius 1 is 1.50 bits per heavy atom. The van der Waals surface area contributed by atoms with Crippen molar-refractivity contribution in [2.24, 2.45) is 5.73 Å². The molecule has 72 valence electrons. The summed E-state index contributed by atoms with van der Waals surface area (Å²) in [5, 5.41) is 0. The smallest absolute Gasteiger partial charge is 0.102 e. The number of thiocarbonyl (C=S) groups is 1. The van der Waals surface area contributed by atoms with Crippen LogP contribution in [0.15, 0.2) is 0 Å². The summed E-state index contributed by atoms with van der Waals surface area (Å²) >= 11 is 4.74. The highest BCUT2D eigenvalue weighted by atomic mass is 32.1. The molecule has 2 N–H and O–H groups in total. The molecule has 0 rings (SSSR count). The van der Waals surface area contributed by atoms with Gasteiger partial charge in [-0.3, -0.25) is 4.90 Å². The predicted octanol–water partition coefficient (Wildman–Crippen LogP) is 1.34. The second-order valence-electron chi connectivity index (χ2n) is 3.04. The first kappa shape index (κ1) is 11.8. The molecule has 0 radical (unpaired) electrons. The summed E-state index contributed by atoms with van der Waals surface area (Å²) in [4.78, 5) is 2.53. The van der Waals surface area contributed by atoms with Gasteiger partial charge < -0.3 is 5.73 Å². The molecular formula is C8H17FN2S.